The molecule has 2 amide bonds. The molecule has 0 radical (unpaired) electrons. The minimum atomic E-state index is -0.926. The predicted octanol–water partition coefficient (Wildman–Crippen LogP) is 0.241. The molecule has 0 aliphatic heterocycles. The van der Waals surface area contributed by atoms with Gasteiger partial charge >= 0.3 is 6.09 Å². The van der Waals surface area contributed by atoms with Gasteiger partial charge in [-0.3, -0.25) is 9.78 Å². The van der Waals surface area contributed by atoms with Crippen LogP contribution in [0.2, 0.25) is 0 Å². The molecule has 0 saturated heterocycles. The summed E-state index contributed by atoms with van der Waals surface area (Å²) in [5.41, 5.74) is 5.03. The smallest absolute Gasteiger partial charge is 0.409 e. The van der Waals surface area contributed by atoms with E-state index in [1.165, 1.54) is 23.2 Å². The molecule has 0 saturated carbocycles. The number of amides is 2. The lowest BCUT2D eigenvalue weighted by molar-refractivity contribution is 0.0821. The van der Waals surface area contributed by atoms with Gasteiger partial charge in [0.25, 0.3) is 5.91 Å². The van der Waals surface area contributed by atoms with Crippen molar-refractivity contribution in [2.75, 3.05) is 14.1 Å². The first-order valence-corrected chi connectivity index (χ1v) is 4.15. The maximum Gasteiger partial charge on any atom is 0.409 e. The van der Waals surface area contributed by atoms with Crippen molar-refractivity contribution in [2.24, 2.45) is 5.73 Å². The lowest BCUT2D eigenvalue weighted by atomic mass is 10.3. The number of hydrogen-bond donors (Lipinski definition) is 1. The molecular formula is C9H11N3O3. The lowest BCUT2D eigenvalue weighted by Gasteiger charge is -2.09. The summed E-state index contributed by atoms with van der Waals surface area (Å²) in [6.07, 6.45) is 0.444. The fraction of sp³-hybridized carbons (Fsp3) is 0.222. The first-order valence-electron chi connectivity index (χ1n) is 4.15. The van der Waals surface area contributed by atoms with Crippen molar-refractivity contribution in [1.82, 2.24) is 9.88 Å². The van der Waals surface area contributed by atoms with Crippen LogP contribution < -0.4 is 10.5 Å². The van der Waals surface area contributed by atoms with Crippen LogP contribution >= 0.6 is 0 Å². The number of nitrogens with two attached hydrogens (primary N) is 1. The summed E-state index contributed by atoms with van der Waals surface area (Å²) < 4.78 is 4.61. The molecule has 2 N–H and O–H groups in total. The molecule has 0 atom stereocenters. The molecule has 1 aromatic rings. The van der Waals surface area contributed by atoms with Crippen molar-refractivity contribution in [1.29, 1.82) is 0 Å². The highest BCUT2D eigenvalue weighted by molar-refractivity contribution is 5.92. The molecule has 0 fully saturated rings. The number of carbonyl (C=O) groups is 2. The Hall–Kier alpha value is -2.11. The number of ether oxygens (including phenoxy) is 1. The third-order valence-electron chi connectivity index (χ3n) is 1.58. The van der Waals surface area contributed by atoms with Gasteiger partial charge in [0.2, 0.25) is 0 Å². The number of rotatable bonds is 2. The summed E-state index contributed by atoms with van der Waals surface area (Å²) >= 11 is 0. The topological polar surface area (TPSA) is 85.5 Å². The zero-order valence-electron chi connectivity index (χ0n) is 8.43. The van der Waals surface area contributed by atoms with Gasteiger partial charge < -0.3 is 15.4 Å². The highest BCUT2D eigenvalue weighted by Crippen LogP contribution is 2.11. The highest BCUT2D eigenvalue weighted by atomic mass is 16.5. The Labute approximate surface area is 86.6 Å². The molecule has 6 heteroatoms. The van der Waals surface area contributed by atoms with Crippen LogP contribution in [0.5, 0.6) is 5.75 Å². The standard InChI is InChI=1S/C9H11N3O3/c1-12(2)8(13)7-5-6(3-4-11-7)15-9(10)14/h3-5H,1-2H3,(H2,10,14). The molecule has 0 unspecified atom stereocenters. The van der Waals surface area contributed by atoms with Crippen LogP contribution in [0, 0.1) is 0 Å². The summed E-state index contributed by atoms with van der Waals surface area (Å²) in [5.74, 6) is -0.0763. The van der Waals surface area contributed by atoms with Crippen molar-refractivity contribution >= 4 is 12.0 Å². The van der Waals surface area contributed by atoms with Crippen molar-refractivity contribution < 1.29 is 14.3 Å². The molecule has 1 heterocycles. The zero-order chi connectivity index (χ0) is 11.4. The van der Waals surface area contributed by atoms with Gasteiger partial charge in [0.15, 0.2) is 0 Å². The van der Waals surface area contributed by atoms with Crippen LogP contribution in [0.15, 0.2) is 18.3 Å². The summed E-state index contributed by atoms with van der Waals surface area (Å²) in [6, 6.07) is 2.80. The average molecular weight is 209 g/mol. The van der Waals surface area contributed by atoms with Gasteiger partial charge in [-0.1, -0.05) is 0 Å². The summed E-state index contributed by atoms with van der Waals surface area (Å²) in [5, 5.41) is 0. The van der Waals surface area contributed by atoms with Crippen LogP contribution in [0.4, 0.5) is 4.79 Å². The third kappa shape index (κ3) is 2.94. The highest BCUT2D eigenvalue weighted by Gasteiger charge is 2.10. The Morgan fingerprint density at radius 2 is 2.13 bits per heavy atom. The van der Waals surface area contributed by atoms with E-state index in [-0.39, 0.29) is 17.4 Å². The van der Waals surface area contributed by atoms with Crippen LogP contribution in [-0.2, 0) is 0 Å². The van der Waals surface area contributed by atoms with E-state index in [0.29, 0.717) is 0 Å². The van der Waals surface area contributed by atoms with Gasteiger partial charge in [-0.05, 0) is 6.07 Å². The molecular weight excluding hydrogens is 198 g/mol. The van der Waals surface area contributed by atoms with Gasteiger partial charge in [-0.25, -0.2) is 4.79 Å². The molecule has 15 heavy (non-hydrogen) atoms. The number of primary amides is 1. The molecule has 1 rings (SSSR count). The Kier molecular flexibility index (Phi) is 3.22. The van der Waals surface area contributed by atoms with Gasteiger partial charge in [0, 0.05) is 26.4 Å². The summed E-state index contributed by atoms with van der Waals surface area (Å²) in [6.45, 7) is 0. The largest absolute Gasteiger partial charge is 0.410 e. The first-order chi connectivity index (χ1) is 7.00. The average Bonchev–Trinajstić information content (AvgIpc) is 2.16. The number of hydrogen-bond acceptors (Lipinski definition) is 4. The quantitative estimate of drug-likeness (QED) is 0.756. The van der Waals surface area contributed by atoms with Crippen LogP contribution in [0.25, 0.3) is 0 Å². The minimum Gasteiger partial charge on any atom is -0.410 e. The Morgan fingerprint density at radius 1 is 1.47 bits per heavy atom. The maximum atomic E-state index is 11.5. The van der Waals surface area contributed by atoms with E-state index in [1.54, 1.807) is 14.1 Å². The maximum absolute atomic E-state index is 11.5. The van der Waals surface area contributed by atoms with E-state index >= 15 is 0 Å². The molecule has 0 bridgehead atoms. The number of carbonyl (C=O) groups excluding carboxylic acids is 2. The van der Waals surface area contributed by atoms with E-state index in [0.717, 1.165) is 0 Å². The van der Waals surface area contributed by atoms with Crippen LogP contribution in [0.1, 0.15) is 10.5 Å². The molecule has 0 aliphatic carbocycles. The van der Waals surface area contributed by atoms with E-state index < -0.39 is 6.09 Å². The normalized spacial score (nSPS) is 9.47. The zero-order valence-corrected chi connectivity index (χ0v) is 8.43. The van der Waals surface area contributed by atoms with Gasteiger partial charge in [0.1, 0.15) is 11.4 Å². The number of nitrogens with zero attached hydrogens (tertiary/aromatic N) is 2. The Bertz CT molecular complexity index is 390. The van der Waals surface area contributed by atoms with Gasteiger partial charge in [-0.2, -0.15) is 0 Å². The van der Waals surface area contributed by atoms with Gasteiger partial charge in [-0.15, -0.1) is 0 Å². The third-order valence-corrected chi connectivity index (χ3v) is 1.58. The first kappa shape index (κ1) is 11.0. The van der Waals surface area contributed by atoms with Gasteiger partial charge in [0.05, 0.1) is 0 Å². The Balaban J connectivity index is 2.92. The predicted molar refractivity (Wildman–Crippen MR) is 52.5 cm³/mol. The summed E-state index contributed by atoms with van der Waals surface area (Å²) in [4.78, 5) is 27.2. The van der Waals surface area contributed by atoms with Crippen molar-refractivity contribution in [2.45, 2.75) is 0 Å². The van der Waals surface area contributed by atoms with Crippen LogP contribution in [-0.4, -0.2) is 36.0 Å². The molecule has 0 aromatic carbocycles. The van der Waals surface area contributed by atoms with Crippen molar-refractivity contribution in [3.63, 3.8) is 0 Å². The summed E-state index contributed by atoms with van der Waals surface area (Å²) in [7, 11) is 3.21. The molecule has 6 nitrogen and oxygen atoms in total. The van der Waals surface area contributed by atoms with Crippen LogP contribution in [0.3, 0.4) is 0 Å². The van der Waals surface area contributed by atoms with E-state index in [1.807, 2.05) is 0 Å². The minimum absolute atomic E-state index is 0.193. The SMILES string of the molecule is CN(C)C(=O)c1cc(OC(N)=O)ccn1. The fourth-order valence-corrected chi connectivity index (χ4v) is 0.937. The van der Waals surface area contributed by atoms with Crippen molar-refractivity contribution in [3.8, 4) is 5.75 Å². The second-order valence-electron chi connectivity index (χ2n) is 3.00. The Morgan fingerprint density at radius 3 is 2.67 bits per heavy atom. The number of aromatic nitrogens is 1. The second-order valence-corrected chi connectivity index (χ2v) is 3.00. The van der Waals surface area contributed by atoms with E-state index in [9.17, 15) is 9.59 Å². The number of pyridine rings is 1. The molecule has 0 spiro atoms. The molecule has 0 aliphatic rings. The van der Waals surface area contributed by atoms with E-state index in [4.69, 9.17) is 5.73 Å². The molecule has 1 aromatic heterocycles. The molecule has 80 valence electrons. The van der Waals surface area contributed by atoms with E-state index in [2.05, 4.69) is 9.72 Å². The second kappa shape index (κ2) is 4.41. The fourth-order valence-electron chi connectivity index (χ4n) is 0.937. The van der Waals surface area contributed by atoms with Crippen molar-refractivity contribution in [3.05, 3.63) is 24.0 Å². The monoisotopic (exact) mass is 209 g/mol. The lowest BCUT2D eigenvalue weighted by Crippen LogP contribution is -2.23.